The largest absolute Gasteiger partial charge is 0.286 e. The van der Waals surface area contributed by atoms with Crippen LogP contribution in [0.15, 0.2) is 35.2 Å². The quantitative estimate of drug-likeness (QED) is 0.667. The molecule has 0 spiro atoms. The summed E-state index contributed by atoms with van der Waals surface area (Å²) in [6.45, 7) is 0. The van der Waals surface area contributed by atoms with E-state index in [1.807, 2.05) is 0 Å². The average Bonchev–Trinajstić information content (AvgIpc) is 2.06. The SMILES string of the molecule is O=S(=O)([N]F)c1ccccc1. The smallest absolute Gasteiger partial charge is 0.203 e. The van der Waals surface area contributed by atoms with E-state index in [1.54, 1.807) is 11.0 Å². The van der Waals surface area contributed by atoms with Gasteiger partial charge in [-0.3, -0.25) is 0 Å². The van der Waals surface area contributed by atoms with E-state index in [2.05, 4.69) is 0 Å². The lowest BCUT2D eigenvalue weighted by Crippen LogP contribution is -2.07. The van der Waals surface area contributed by atoms with Crippen LogP contribution in [0.2, 0.25) is 0 Å². The standard InChI is InChI=1S/C6H5FNO2S/c7-8-11(9,10)6-4-2-1-3-5-6/h1-5H. The van der Waals surface area contributed by atoms with Crippen molar-refractivity contribution >= 4 is 10.0 Å². The van der Waals surface area contributed by atoms with Gasteiger partial charge in [0.1, 0.15) is 0 Å². The van der Waals surface area contributed by atoms with Gasteiger partial charge in [0.15, 0.2) is 0 Å². The number of hydrogen-bond acceptors (Lipinski definition) is 2. The first-order chi connectivity index (χ1) is 5.17. The molecule has 1 radical (unpaired) electrons. The molecule has 11 heavy (non-hydrogen) atoms. The fraction of sp³-hybridized carbons (Fsp3) is 0. The predicted octanol–water partition coefficient (Wildman–Crippen LogP) is 0.864. The first-order valence-corrected chi connectivity index (χ1v) is 4.24. The third kappa shape index (κ3) is 1.75. The van der Waals surface area contributed by atoms with Gasteiger partial charge in [0.05, 0.1) is 9.84 Å². The molecule has 0 bridgehead atoms. The fourth-order valence-electron chi connectivity index (χ4n) is 0.632. The molecule has 0 aromatic heterocycles. The lowest BCUT2D eigenvalue weighted by Gasteiger charge is -1.94. The van der Waals surface area contributed by atoms with E-state index in [0.29, 0.717) is 0 Å². The van der Waals surface area contributed by atoms with Crippen LogP contribution in [0.5, 0.6) is 0 Å². The first kappa shape index (κ1) is 8.16. The molecule has 5 heteroatoms. The molecule has 0 fully saturated rings. The maximum absolute atomic E-state index is 11.5. The van der Waals surface area contributed by atoms with Gasteiger partial charge in [0.25, 0.3) is 10.0 Å². The van der Waals surface area contributed by atoms with Crippen LogP contribution in [0.4, 0.5) is 4.48 Å². The molecule has 0 N–H and O–H groups in total. The Kier molecular flexibility index (Phi) is 2.21. The first-order valence-electron chi connectivity index (χ1n) is 2.80. The summed E-state index contributed by atoms with van der Waals surface area (Å²) >= 11 is 0. The van der Waals surface area contributed by atoms with Gasteiger partial charge in [-0.25, -0.2) is 8.42 Å². The van der Waals surface area contributed by atoms with Crippen LogP contribution in [0.1, 0.15) is 0 Å². The lowest BCUT2D eigenvalue weighted by atomic mass is 10.4. The zero-order valence-electron chi connectivity index (χ0n) is 5.44. The molecule has 0 saturated heterocycles. The molecule has 0 saturated carbocycles. The van der Waals surface area contributed by atoms with Crippen LogP contribution in [0, 0.1) is 0 Å². The monoisotopic (exact) mass is 174 g/mol. The van der Waals surface area contributed by atoms with E-state index in [1.165, 1.54) is 24.3 Å². The van der Waals surface area contributed by atoms with Gasteiger partial charge in [0.2, 0.25) is 0 Å². The molecular weight excluding hydrogens is 169 g/mol. The van der Waals surface area contributed by atoms with Crippen LogP contribution in [0.3, 0.4) is 0 Å². The summed E-state index contributed by atoms with van der Waals surface area (Å²) in [4.78, 5) is 1.63. The van der Waals surface area contributed by atoms with Crippen molar-refractivity contribution in [3.05, 3.63) is 30.3 Å². The van der Waals surface area contributed by atoms with Crippen LogP contribution < -0.4 is 4.94 Å². The zero-order chi connectivity index (χ0) is 8.32. The minimum atomic E-state index is -4.04. The number of rotatable bonds is 2. The minimum Gasteiger partial charge on any atom is -0.203 e. The Morgan fingerprint density at radius 1 is 1.18 bits per heavy atom. The third-order valence-electron chi connectivity index (χ3n) is 1.13. The molecule has 3 nitrogen and oxygen atoms in total. The lowest BCUT2D eigenvalue weighted by molar-refractivity contribution is 0.415. The number of nitrogens with zero attached hydrogens (tertiary/aromatic N) is 1. The van der Waals surface area contributed by atoms with E-state index in [9.17, 15) is 12.9 Å². The van der Waals surface area contributed by atoms with E-state index in [4.69, 9.17) is 0 Å². The Balaban J connectivity index is 3.14. The maximum Gasteiger partial charge on any atom is 0.286 e. The highest BCUT2D eigenvalue weighted by molar-refractivity contribution is 7.89. The van der Waals surface area contributed by atoms with Gasteiger partial charge in [-0.15, -0.1) is 0 Å². The van der Waals surface area contributed by atoms with Crippen LogP contribution in [-0.4, -0.2) is 8.42 Å². The summed E-state index contributed by atoms with van der Waals surface area (Å²) in [7, 11) is -4.04. The summed E-state index contributed by atoms with van der Waals surface area (Å²) in [5.74, 6) is 0. The van der Waals surface area contributed by atoms with Gasteiger partial charge in [-0.05, 0) is 12.1 Å². The molecule has 1 rings (SSSR count). The second-order valence-corrected chi connectivity index (χ2v) is 3.42. The van der Waals surface area contributed by atoms with Crippen molar-refractivity contribution in [1.82, 2.24) is 4.94 Å². The molecule has 0 aliphatic rings. The Morgan fingerprint density at radius 2 is 1.73 bits per heavy atom. The summed E-state index contributed by atoms with van der Waals surface area (Å²) in [6.07, 6.45) is 0. The third-order valence-corrected chi connectivity index (χ3v) is 2.18. The average molecular weight is 174 g/mol. The highest BCUT2D eigenvalue weighted by atomic mass is 32.2. The minimum absolute atomic E-state index is 0.137. The van der Waals surface area contributed by atoms with Crippen molar-refractivity contribution in [2.45, 2.75) is 4.90 Å². The second-order valence-electron chi connectivity index (χ2n) is 1.86. The maximum atomic E-state index is 11.5. The molecule has 0 aliphatic carbocycles. The van der Waals surface area contributed by atoms with Gasteiger partial charge < -0.3 is 0 Å². The number of hydrogen-bond donors (Lipinski definition) is 0. The summed E-state index contributed by atoms with van der Waals surface area (Å²) in [5.41, 5.74) is 0. The van der Waals surface area contributed by atoms with Crippen molar-refractivity contribution < 1.29 is 12.9 Å². The van der Waals surface area contributed by atoms with Gasteiger partial charge in [0, 0.05) is 0 Å². The molecule has 0 atom stereocenters. The van der Waals surface area contributed by atoms with Crippen molar-refractivity contribution in [1.29, 1.82) is 0 Å². The van der Waals surface area contributed by atoms with Gasteiger partial charge in [-0.2, -0.15) is 0 Å². The molecule has 1 aromatic rings. The van der Waals surface area contributed by atoms with Crippen molar-refractivity contribution in [3.8, 4) is 0 Å². The van der Waals surface area contributed by atoms with Crippen molar-refractivity contribution in [2.75, 3.05) is 0 Å². The highest BCUT2D eigenvalue weighted by Crippen LogP contribution is 2.07. The van der Waals surface area contributed by atoms with Crippen LogP contribution in [-0.2, 0) is 10.0 Å². The van der Waals surface area contributed by atoms with Gasteiger partial charge in [-0.1, -0.05) is 22.7 Å². The number of halogens is 1. The topological polar surface area (TPSA) is 48.2 Å². The fourth-order valence-corrected chi connectivity index (χ4v) is 1.21. The molecule has 59 valence electrons. The zero-order valence-corrected chi connectivity index (χ0v) is 6.25. The Bertz CT molecular complexity index is 322. The molecule has 0 aliphatic heterocycles. The van der Waals surface area contributed by atoms with Crippen LogP contribution >= 0.6 is 0 Å². The Hall–Kier alpha value is -0.940. The van der Waals surface area contributed by atoms with Gasteiger partial charge >= 0.3 is 0 Å². The van der Waals surface area contributed by atoms with Crippen molar-refractivity contribution in [3.63, 3.8) is 0 Å². The normalized spacial score (nSPS) is 11.4. The molecular formula is C6H5FNO2S. The Morgan fingerprint density at radius 3 is 2.18 bits per heavy atom. The van der Waals surface area contributed by atoms with E-state index in [-0.39, 0.29) is 4.90 Å². The van der Waals surface area contributed by atoms with E-state index >= 15 is 0 Å². The number of benzene rings is 1. The van der Waals surface area contributed by atoms with E-state index < -0.39 is 10.0 Å². The molecule has 0 heterocycles. The van der Waals surface area contributed by atoms with E-state index in [0.717, 1.165) is 0 Å². The summed E-state index contributed by atoms with van der Waals surface area (Å²) in [5, 5.41) is 0. The van der Waals surface area contributed by atoms with Crippen LogP contribution in [0.25, 0.3) is 0 Å². The predicted molar refractivity (Wildman–Crippen MR) is 36.9 cm³/mol. The number of sulfonamides is 1. The Labute approximate surface area is 63.8 Å². The highest BCUT2D eigenvalue weighted by Gasteiger charge is 2.13. The second kappa shape index (κ2) is 2.98. The van der Waals surface area contributed by atoms with Crippen molar-refractivity contribution in [2.24, 2.45) is 0 Å². The summed E-state index contributed by atoms with van der Waals surface area (Å²) in [6, 6.07) is 7.18. The molecule has 1 aromatic carbocycles. The molecule has 0 unspecified atom stereocenters. The molecule has 0 amide bonds. The summed E-state index contributed by atoms with van der Waals surface area (Å²) < 4.78 is 32.8.